The third-order valence-electron chi connectivity index (χ3n) is 4.46. The van der Waals surface area contributed by atoms with Gasteiger partial charge in [0.15, 0.2) is 0 Å². The van der Waals surface area contributed by atoms with Crippen molar-refractivity contribution in [1.82, 2.24) is 5.32 Å². The summed E-state index contributed by atoms with van der Waals surface area (Å²) in [6.07, 6.45) is 15.6. The number of hydrogen-bond acceptors (Lipinski definition) is 2. The maximum atomic E-state index is 5.80. The van der Waals surface area contributed by atoms with E-state index in [4.69, 9.17) is 4.74 Å². The molecular formula is C18H37NO. The van der Waals surface area contributed by atoms with E-state index in [1.165, 1.54) is 70.6 Å². The number of hydrogen-bond donors (Lipinski definition) is 1. The smallest absolute Gasteiger partial charge is 0.0750 e. The summed E-state index contributed by atoms with van der Waals surface area (Å²) in [6, 6.07) is 0.703. The van der Waals surface area contributed by atoms with Crippen molar-refractivity contribution < 1.29 is 4.74 Å². The first kappa shape index (κ1) is 18.0. The van der Waals surface area contributed by atoms with Gasteiger partial charge in [0.2, 0.25) is 0 Å². The number of rotatable bonds is 5. The molecule has 20 heavy (non-hydrogen) atoms. The monoisotopic (exact) mass is 283 g/mol. The van der Waals surface area contributed by atoms with E-state index in [2.05, 4.69) is 26.1 Å². The van der Waals surface area contributed by atoms with Crippen LogP contribution in [0.25, 0.3) is 0 Å². The first-order valence-electron chi connectivity index (χ1n) is 9.01. The third-order valence-corrected chi connectivity index (χ3v) is 4.46. The Morgan fingerprint density at radius 1 is 0.850 bits per heavy atom. The maximum Gasteiger partial charge on any atom is 0.0750 e. The molecule has 0 atom stereocenters. The quantitative estimate of drug-likeness (QED) is 0.761. The summed E-state index contributed by atoms with van der Waals surface area (Å²) >= 11 is 0. The molecule has 0 saturated heterocycles. The molecule has 1 saturated carbocycles. The normalized spacial score (nSPS) is 21.1. The standard InChI is InChI=1S/C18H37NO/c1-4-20-18(2,3)16-19-17-14-12-10-8-6-5-7-9-11-13-15-17/h17,19H,4-16H2,1-3H3. The van der Waals surface area contributed by atoms with Gasteiger partial charge in [0.05, 0.1) is 5.60 Å². The van der Waals surface area contributed by atoms with Crippen LogP contribution >= 0.6 is 0 Å². The van der Waals surface area contributed by atoms with Crippen LogP contribution < -0.4 is 5.32 Å². The van der Waals surface area contributed by atoms with Crippen molar-refractivity contribution in [2.45, 2.75) is 103 Å². The second-order valence-corrected chi connectivity index (χ2v) is 7.03. The van der Waals surface area contributed by atoms with Crippen LogP contribution in [-0.4, -0.2) is 24.8 Å². The highest BCUT2D eigenvalue weighted by atomic mass is 16.5. The molecule has 1 fully saturated rings. The molecule has 0 spiro atoms. The molecule has 1 rings (SSSR count). The van der Waals surface area contributed by atoms with Gasteiger partial charge in [0.25, 0.3) is 0 Å². The minimum absolute atomic E-state index is 0.0293. The summed E-state index contributed by atoms with van der Waals surface area (Å²) < 4.78 is 5.80. The van der Waals surface area contributed by atoms with Crippen molar-refractivity contribution in [2.75, 3.05) is 13.2 Å². The van der Waals surface area contributed by atoms with Gasteiger partial charge in [0.1, 0.15) is 0 Å². The Bertz CT molecular complexity index is 215. The van der Waals surface area contributed by atoms with Gasteiger partial charge < -0.3 is 10.1 Å². The van der Waals surface area contributed by atoms with Crippen molar-refractivity contribution in [1.29, 1.82) is 0 Å². The molecule has 2 nitrogen and oxygen atoms in total. The van der Waals surface area contributed by atoms with E-state index in [0.717, 1.165) is 13.2 Å². The van der Waals surface area contributed by atoms with Crippen LogP contribution in [0.1, 0.15) is 91.4 Å². The fourth-order valence-corrected chi connectivity index (χ4v) is 3.20. The highest BCUT2D eigenvalue weighted by molar-refractivity contribution is 4.76. The van der Waals surface area contributed by atoms with Gasteiger partial charge in [-0.05, 0) is 33.6 Å². The zero-order chi connectivity index (χ0) is 14.7. The Balaban J connectivity index is 2.31. The summed E-state index contributed by atoms with van der Waals surface area (Å²) in [4.78, 5) is 0. The average Bonchev–Trinajstić information content (AvgIpc) is 2.38. The van der Waals surface area contributed by atoms with Crippen molar-refractivity contribution in [2.24, 2.45) is 0 Å². The van der Waals surface area contributed by atoms with Gasteiger partial charge >= 0.3 is 0 Å². The Labute approximate surface area is 127 Å². The summed E-state index contributed by atoms with van der Waals surface area (Å²) in [5.74, 6) is 0. The molecule has 0 amide bonds. The van der Waals surface area contributed by atoms with Gasteiger partial charge in [0, 0.05) is 19.2 Å². The predicted molar refractivity (Wildman–Crippen MR) is 88.3 cm³/mol. The minimum Gasteiger partial charge on any atom is -0.375 e. The van der Waals surface area contributed by atoms with Crippen LogP contribution in [0.2, 0.25) is 0 Å². The summed E-state index contributed by atoms with van der Waals surface area (Å²) in [6.45, 7) is 8.25. The average molecular weight is 283 g/mol. The molecule has 0 bridgehead atoms. The van der Waals surface area contributed by atoms with Crippen molar-refractivity contribution >= 4 is 0 Å². The molecule has 1 aliphatic rings. The zero-order valence-electron chi connectivity index (χ0n) is 14.2. The van der Waals surface area contributed by atoms with Crippen molar-refractivity contribution in [3.8, 4) is 0 Å². The summed E-state index contributed by atoms with van der Waals surface area (Å²) in [5, 5.41) is 3.77. The number of ether oxygens (including phenoxy) is 1. The zero-order valence-corrected chi connectivity index (χ0v) is 14.2. The molecule has 0 aromatic rings. The second kappa shape index (κ2) is 10.6. The molecule has 0 radical (unpaired) electrons. The fraction of sp³-hybridized carbons (Fsp3) is 1.00. The van der Waals surface area contributed by atoms with Gasteiger partial charge in [-0.3, -0.25) is 0 Å². The van der Waals surface area contributed by atoms with Gasteiger partial charge in [-0.15, -0.1) is 0 Å². The summed E-state index contributed by atoms with van der Waals surface area (Å²) in [7, 11) is 0. The second-order valence-electron chi connectivity index (χ2n) is 7.03. The molecule has 0 aliphatic heterocycles. The maximum absolute atomic E-state index is 5.80. The van der Waals surface area contributed by atoms with E-state index >= 15 is 0 Å². The molecule has 1 aliphatic carbocycles. The Morgan fingerprint density at radius 2 is 1.30 bits per heavy atom. The highest BCUT2D eigenvalue weighted by Gasteiger charge is 2.19. The summed E-state index contributed by atoms with van der Waals surface area (Å²) in [5.41, 5.74) is -0.0293. The molecule has 2 heteroatoms. The molecular weight excluding hydrogens is 246 g/mol. The van der Waals surface area contributed by atoms with Crippen molar-refractivity contribution in [3.05, 3.63) is 0 Å². The molecule has 0 aromatic heterocycles. The van der Waals surface area contributed by atoms with Gasteiger partial charge in [-0.1, -0.05) is 57.8 Å². The Morgan fingerprint density at radius 3 is 1.75 bits per heavy atom. The SMILES string of the molecule is CCOC(C)(C)CNC1CCCCCCCCCCC1. The first-order chi connectivity index (χ1) is 9.64. The minimum atomic E-state index is -0.0293. The lowest BCUT2D eigenvalue weighted by Crippen LogP contribution is -2.42. The lowest BCUT2D eigenvalue weighted by molar-refractivity contribution is -0.0110. The lowest BCUT2D eigenvalue weighted by Gasteiger charge is -2.28. The molecule has 120 valence electrons. The highest BCUT2D eigenvalue weighted by Crippen LogP contribution is 2.17. The van der Waals surface area contributed by atoms with E-state index in [1.807, 2.05) is 0 Å². The molecule has 0 unspecified atom stereocenters. The van der Waals surface area contributed by atoms with Crippen LogP contribution in [0.4, 0.5) is 0 Å². The van der Waals surface area contributed by atoms with Gasteiger partial charge in [-0.25, -0.2) is 0 Å². The topological polar surface area (TPSA) is 21.3 Å². The molecule has 0 heterocycles. The van der Waals surface area contributed by atoms with Crippen LogP contribution in [0.15, 0.2) is 0 Å². The third kappa shape index (κ3) is 8.97. The van der Waals surface area contributed by atoms with E-state index in [0.29, 0.717) is 6.04 Å². The van der Waals surface area contributed by atoms with E-state index in [9.17, 15) is 0 Å². The Hall–Kier alpha value is -0.0800. The van der Waals surface area contributed by atoms with Gasteiger partial charge in [-0.2, -0.15) is 0 Å². The van der Waals surface area contributed by atoms with E-state index in [1.54, 1.807) is 0 Å². The molecule has 1 N–H and O–H groups in total. The largest absolute Gasteiger partial charge is 0.375 e. The fourth-order valence-electron chi connectivity index (χ4n) is 3.20. The molecule has 0 aromatic carbocycles. The van der Waals surface area contributed by atoms with Crippen LogP contribution in [0.3, 0.4) is 0 Å². The van der Waals surface area contributed by atoms with Crippen LogP contribution in [0.5, 0.6) is 0 Å². The van der Waals surface area contributed by atoms with E-state index in [-0.39, 0.29) is 5.60 Å². The number of nitrogens with one attached hydrogen (secondary N) is 1. The lowest BCUT2D eigenvalue weighted by atomic mass is 9.97. The predicted octanol–water partition coefficient (Wildman–Crippen LogP) is 5.06. The van der Waals surface area contributed by atoms with Crippen LogP contribution in [-0.2, 0) is 4.74 Å². The first-order valence-corrected chi connectivity index (χ1v) is 9.01. The van der Waals surface area contributed by atoms with Crippen molar-refractivity contribution in [3.63, 3.8) is 0 Å². The Kier molecular flexibility index (Phi) is 9.54. The van der Waals surface area contributed by atoms with Crippen LogP contribution in [0, 0.1) is 0 Å². The van der Waals surface area contributed by atoms with E-state index < -0.39 is 0 Å².